The third kappa shape index (κ3) is 7.46. The Kier molecular flexibility index (Phi) is 11.9. The van der Waals surface area contributed by atoms with Crippen molar-refractivity contribution < 1.29 is 78.4 Å². The van der Waals surface area contributed by atoms with Crippen LogP contribution in [-0.4, -0.2) is 176 Å². The number of aliphatic hydroxyl groups is 7. The van der Waals surface area contributed by atoms with Gasteiger partial charge in [-0.05, 0) is 6.42 Å². The Hall–Kier alpha value is -0.640. The molecular formula is C24H42O16. The Labute approximate surface area is 231 Å². The molecule has 0 bridgehead atoms. The van der Waals surface area contributed by atoms with Crippen LogP contribution in [-0.2, 0) is 42.6 Å². The summed E-state index contributed by atoms with van der Waals surface area (Å²) < 4.78 is 48.9. The molecule has 4 aliphatic rings. The van der Waals surface area contributed by atoms with Crippen LogP contribution in [0.15, 0.2) is 0 Å². The van der Waals surface area contributed by atoms with Gasteiger partial charge in [0.15, 0.2) is 18.9 Å². The van der Waals surface area contributed by atoms with Crippen LogP contribution in [0.3, 0.4) is 0 Å². The van der Waals surface area contributed by atoms with Gasteiger partial charge in [0.25, 0.3) is 0 Å². The molecule has 40 heavy (non-hydrogen) atoms. The lowest BCUT2D eigenvalue weighted by molar-refractivity contribution is -0.351. The average Bonchev–Trinajstić information content (AvgIpc) is 2.93. The maximum Gasteiger partial charge on any atom is 0.186 e. The van der Waals surface area contributed by atoms with Gasteiger partial charge in [0.1, 0.15) is 67.1 Å². The Morgan fingerprint density at radius 3 is 1.48 bits per heavy atom. The van der Waals surface area contributed by atoms with Gasteiger partial charge in [-0.3, -0.25) is 0 Å². The Morgan fingerprint density at radius 1 is 0.525 bits per heavy atom. The lowest BCUT2D eigenvalue weighted by Crippen LogP contribution is -2.62. The highest BCUT2D eigenvalue weighted by Crippen LogP contribution is 2.29. The molecule has 4 unspecified atom stereocenters. The van der Waals surface area contributed by atoms with Crippen molar-refractivity contribution in [2.75, 3.05) is 53.9 Å². The largest absolute Gasteiger partial charge is 0.388 e. The van der Waals surface area contributed by atoms with Gasteiger partial charge in [0.2, 0.25) is 0 Å². The monoisotopic (exact) mass is 586 g/mol. The molecule has 0 aromatic carbocycles. The van der Waals surface area contributed by atoms with Gasteiger partial charge in [0.05, 0.1) is 39.6 Å². The summed E-state index contributed by atoms with van der Waals surface area (Å²) in [6.07, 6.45) is -17.3. The lowest BCUT2D eigenvalue weighted by Gasteiger charge is -2.44. The standard InChI is InChI=1S/C24H42O16/c1-32-4-10-3-11(25)22(35-5-10)38-14-8-36-24(20(30)18(14)28)40-15-9-37-23(21(31)19(15)29)39-13-7-34-12(6-33-2)16(26)17(13)27/h10-31H,3-9H2,1-2H3/t10-,11?,12+,13-,14-,15-,16?,17-,18-,19+,20?,21?,22+,23+,24+/m1/s1. The van der Waals surface area contributed by atoms with Crippen molar-refractivity contribution in [3.05, 3.63) is 0 Å². The number of ether oxygens (including phenoxy) is 9. The van der Waals surface area contributed by atoms with Gasteiger partial charge in [-0.25, -0.2) is 0 Å². The van der Waals surface area contributed by atoms with E-state index in [1.165, 1.54) is 7.11 Å². The summed E-state index contributed by atoms with van der Waals surface area (Å²) in [6.45, 7) is 0.143. The molecule has 4 heterocycles. The molecule has 0 aromatic heterocycles. The van der Waals surface area contributed by atoms with Gasteiger partial charge < -0.3 is 78.4 Å². The van der Waals surface area contributed by atoms with Crippen molar-refractivity contribution in [3.63, 3.8) is 0 Å². The molecule has 234 valence electrons. The van der Waals surface area contributed by atoms with E-state index in [2.05, 4.69) is 0 Å². The summed E-state index contributed by atoms with van der Waals surface area (Å²) in [5, 5.41) is 73.3. The molecule has 16 heteroatoms. The van der Waals surface area contributed by atoms with Crippen LogP contribution < -0.4 is 0 Å². The average molecular weight is 587 g/mol. The van der Waals surface area contributed by atoms with E-state index in [-0.39, 0.29) is 32.3 Å². The summed E-state index contributed by atoms with van der Waals surface area (Å²) in [5.41, 5.74) is 0. The molecule has 4 fully saturated rings. The fraction of sp³-hybridized carbons (Fsp3) is 1.00. The van der Waals surface area contributed by atoms with E-state index in [1.54, 1.807) is 7.11 Å². The van der Waals surface area contributed by atoms with Gasteiger partial charge in [-0.1, -0.05) is 0 Å². The van der Waals surface area contributed by atoms with Crippen LogP contribution in [0.4, 0.5) is 0 Å². The second-order valence-corrected chi connectivity index (χ2v) is 10.5. The Balaban J connectivity index is 1.24. The summed E-state index contributed by atoms with van der Waals surface area (Å²) in [5.74, 6) is 0.00107. The molecule has 0 spiro atoms. The molecule has 15 atom stereocenters. The first kappa shape index (κ1) is 32.3. The molecule has 0 saturated carbocycles. The van der Waals surface area contributed by atoms with Crippen molar-refractivity contribution >= 4 is 0 Å². The van der Waals surface area contributed by atoms with Crippen LogP contribution >= 0.6 is 0 Å². The first-order chi connectivity index (χ1) is 19.1. The van der Waals surface area contributed by atoms with Crippen molar-refractivity contribution in [1.29, 1.82) is 0 Å². The van der Waals surface area contributed by atoms with E-state index >= 15 is 0 Å². The number of aliphatic hydroxyl groups excluding tert-OH is 7. The topological polar surface area (TPSA) is 225 Å². The smallest absolute Gasteiger partial charge is 0.186 e. The molecule has 4 rings (SSSR count). The predicted molar refractivity (Wildman–Crippen MR) is 127 cm³/mol. The molecule has 0 aliphatic carbocycles. The molecule has 16 nitrogen and oxygen atoms in total. The minimum absolute atomic E-state index is 0.00107. The summed E-state index contributed by atoms with van der Waals surface area (Å²) >= 11 is 0. The Bertz CT molecular complexity index is 762. The van der Waals surface area contributed by atoms with Gasteiger partial charge in [-0.2, -0.15) is 0 Å². The minimum Gasteiger partial charge on any atom is -0.388 e. The van der Waals surface area contributed by atoms with Crippen molar-refractivity contribution in [2.24, 2.45) is 5.92 Å². The zero-order valence-electron chi connectivity index (χ0n) is 22.4. The molecule has 7 N–H and O–H groups in total. The quantitative estimate of drug-likeness (QED) is 0.128. The predicted octanol–water partition coefficient (Wildman–Crippen LogP) is -4.56. The highest BCUT2D eigenvalue weighted by Gasteiger charge is 2.48. The maximum absolute atomic E-state index is 10.6. The number of rotatable bonds is 10. The molecule has 0 radical (unpaired) electrons. The molecule has 0 aromatic rings. The van der Waals surface area contributed by atoms with E-state index in [4.69, 9.17) is 42.6 Å². The van der Waals surface area contributed by atoms with Gasteiger partial charge in [-0.15, -0.1) is 0 Å². The van der Waals surface area contributed by atoms with Gasteiger partial charge in [0, 0.05) is 20.1 Å². The first-order valence-electron chi connectivity index (χ1n) is 13.3. The first-order valence-corrected chi connectivity index (χ1v) is 13.3. The van der Waals surface area contributed by atoms with Gasteiger partial charge >= 0.3 is 0 Å². The zero-order chi connectivity index (χ0) is 29.0. The maximum atomic E-state index is 10.6. The molecular weight excluding hydrogens is 544 g/mol. The van der Waals surface area contributed by atoms with Crippen LogP contribution in [0.2, 0.25) is 0 Å². The van der Waals surface area contributed by atoms with Crippen molar-refractivity contribution in [2.45, 2.75) is 92.4 Å². The number of hydrogen-bond donors (Lipinski definition) is 7. The number of hydrogen-bond acceptors (Lipinski definition) is 16. The molecule has 4 saturated heterocycles. The van der Waals surface area contributed by atoms with Crippen LogP contribution in [0.5, 0.6) is 0 Å². The summed E-state index contributed by atoms with van der Waals surface area (Å²) in [7, 11) is 2.98. The minimum atomic E-state index is -1.63. The van der Waals surface area contributed by atoms with Crippen LogP contribution in [0.25, 0.3) is 0 Å². The van der Waals surface area contributed by atoms with Crippen molar-refractivity contribution in [1.82, 2.24) is 0 Å². The Morgan fingerprint density at radius 2 is 0.975 bits per heavy atom. The summed E-state index contributed by atoms with van der Waals surface area (Å²) in [4.78, 5) is 0. The van der Waals surface area contributed by atoms with E-state index < -0.39 is 86.0 Å². The third-order valence-corrected chi connectivity index (χ3v) is 7.50. The van der Waals surface area contributed by atoms with E-state index in [0.717, 1.165) is 0 Å². The second kappa shape index (κ2) is 14.7. The highest BCUT2D eigenvalue weighted by molar-refractivity contribution is 4.92. The molecule has 0 amide bonds. The molecule has 4 aliphatic heterocycles. The second-order valence-electron chi connectivity index (χ2n) is 10.5. The van der Waals surface area contributed by atoms with Crippen LogP contribution in [0.1, 0.15) is 6.42 Å². The SMILES string of the molecule is COC[C@@H]1CO[C@@H](O[C@@H]2CO[C@@H](O[C@@H]3CO[C@@H](O[C@@H]4CO[C@@H](COC)C(O)[C@@H]4O)C(O)[C@H]3O)C(O)[C@@H]2O)C(O)C1. The normalized spacial score (nSPS) is 48.7. The summed E-state index contributed by atoms with van der Waals surface area (Å²) in [6, 6.07) is 0. The van der Waals surface area contributed by atoms with E-state index in [1.807, 2.05) is 0 Å². The van der Waals surface area contributed by atoms with Crippen LogP contribution in [0, 0.1) is 5.92 Å². The number of methoxy groups -OCH3 is 2. The lowest BCUT2D eigenvalue weighted by atomic mass is 9.99. The van der Waals surface area contributed by atoms with E-state index in [0.29, 0.717) is 19.6 Å². The highest BCUT2D eigenvalue weighted by atomic mass is 16.7. The zero-order valence-corrected chi connectivity index (χ0v) is 22.4. The fourth-order valence-corrected chi connectivity index (χ4v) is 5.16. The fourth-order valence-electron chi connectivity index (χ4n) is 5.16. The van der Waals surface area contributed by atoms with Crippen molar-refractivity contribution in [3.8, 4) is 0 Å². The third-order valence-electron chi connectivity index (χ3n) is 7.50. The van der Waals surface area contributed by atoms with E-state index in [9.17, 15) is 35.7 Å².